The molecule has 2 N–H and O–H groups in total. The van der Waals surface area contributed by atoms with E-state index in [0.717, 1.165) is 33.8 Å². The van der Waals surface area contributed by atoms with Crippen molar-refractivity contribution in [2.45, 2.75) is 24.3 Å². The molecule has 1 aliphatic heterocycles. The summed E-state index contributed by atoms with van der Waals surface area (Å²) in [6.45, 7) is 0.452. The van der Waals surface area contributed by atoms with Gasteiger partial charge < -0.3 is 9.67 Å². The van der Waals surface area contributed by atoms with Gasteiger partial charge in [0, 0.05) is 17.1 Å². The van der Waals surface area contributed by atoms with E-state index in [1.54, 1.807) is 0 Å². The van der Waals surface area contributed by atoms with Crippen molar-refractivity contribution >= 4 is 33.8 Å². The summed E-state index contributed by atoms with van der Waals surface area (Å²) in [7, 11) is 0. The number of aliphatic hydroxyl groups excluding tert-OH is 1. The van der Waals surface area contributed by atoms with Gasteiger partial charge >= 0.3 is 0 Å². The Hall–Kier alpha value is -2.57. The average Bonchev–Trinajstić information content (AvgIpc) is 3.19. The number of rotatable bonds is 5. The topological polar surface area (TPSA) is 71.3 Å². The van der Waals surface area contributed by atoms with Gasteiger partial charge in [-0.3, -0.25) is 14.9 Å². The molecular weight excluding hydrogens is 348 g/mol. The summed E-state index contributed by atoms with van der Waals surface area (Å²) >= 11 is 1.05. The van der Waals surface area contributed by atoms with Crippen LogP contribution in [0.1, 0.15) is 17.2 Å². The van der Waals surface area contributed by atoms with E-state index >= 15 is 0 Å². The number of amides is 2. The SMILES string of the molecule is O=C1NC(=O)C(Cc2cccc3c2ccn3CC(O)c2ccccc2)S1. The third-order valence-electron chi connectivity index (χ3n) is 4.63. The third kappa shape index (κ3) is 3.25. The predicted molar refractivity (Wildman–Crippen MR) is 102 cm³/mol. The number of benzene rings is 2. The Morgan fingerprint density at radius 1 is 1.08 bits per heavy atom. The molecule has 1 aliphatic rings. The lowest BCUT2D eigenvalue weighted by Crippen LogP contribution is -2.25. The number of imide groups is 1. The van der Waals surface area contributed by atoms with Crippen molar-refractivity contribution in [1.29, 1.82) is 0 Å². The Morgan fingerprint density at radius 3 is 2.62 bits per heavy atom. The summed E-state index contributed by atoms with van der Waals surface area (Å²) < 4.78 is 2.02. The predicted octanol–water partition coefficient (Wildman–Crippen LogP) is 3.27. The number of aliphatic hydroxyl groups is 1. The summed E-state index contributed by atoms with van der Waals surface area (Å²) in [6, 6.07) is 17.5. The molecule has 0 saturated carbocycles. The van der Waals surface area contributed by atoms with Gasteiger partial charge in [-0.25, -0.2) is 0 Å². The van der Waals surface area contributed by atoms with Crippen LogP contribution < -0.4 is 5.32 Å². The molecule has 132 valence electrons. The van der Waals surface area contributed by atoms with Gasteiger partial charge in [0.05, 0.1) is 17.9 Å². The highest BCUT2D eigenvalue weighted by Crippen LogP contribution is 2.28. The highest BCUT2D eigenvalue weighted by Gasteiger charge is 2.31. The molecule has 1 fully saturated rings. The molecule has 5 nitrogen and oxygen atoms in total. The highest BCUT2D eigenvalue weighted by molar-refractivity contribution is 8.15. The second-order valence-corrected chi connectivity index (χ2v) is 7.51. The zero-order valence-corrected chi connectivity index (χ0v) is 14.8. The summed E-state index contributed by atoms with van der Waals surface area (Å²) in [6.07, 6.45) is 1.86. The maximum Gasteiger partial charge on any atom is 0.286 e. The smallest absolute Gasteiger partial charge is 0.286 e. The number of thioether (sulfide) groups is 1. The molecule has 2 heterocycles. The van der Waals surface area contributed by atoms with Crippen LogP contribution in [0.15, 0.2) is 60.8 Å². The number of hydrogen-bond donors (Lipinski definition) is 2. The molecule has 4 rings (SSSR count). The number of carbonyl (C=O) groups is 2. The third-order valence-corrected chi connectivity index (χ3v) is 5.61. The van der Waals surface area contributed by atoms with Crippen molar-refractivity contribution in [3.05, 3.63) is 71.9 Å². The fourth-order valence-corrected chi connectivity index (χ4v) is 4.17. The van der Waals surface area contributed by atoms with Crippen LogP contribution in [-0.4, -0.2) is 26.1 Å². The minimum Gasteiger partial charge on any atom is -0.387 e. The van der Waals surface area contributed by atoms with Gasteiger partial charge in [0.2, 0.25) is 5.91 Å². The van der Waals surface area contributed by atoms with Gasteiger partial charge in [-0.1, -0.05) is 54.2 Å². The number of fused-ring (bicyclic) bond motifs is 1. The van der Waals surface area contributed by atoms with Crippen molar-refractivity contribution in [2.24, 2.45) is 0 Å². The molecule has 0 bridgehead atoms. The van der Waals surface area contributed by atoms with E-state index < -0.39 is 6.10 Å². The van der Waals surface area contributed by atoms with Crippen LogP contribution in [0.2, 0.25) is 0 Å². The molecule has 0 aliphatic carbocycles. The van der Waals surface area contributed by atoms with Gasteiger partial charge in [-0.15, -0.1) is 0 Å². The average molecular weight is 366 g/mol. The lowest BCUT2D eigenvalue weighted by molar-refractivity contribution is -0.118. The van der Waals surface area contributed by atoms with Crippen LogP contribution in [0.5, 0.6) is 0 Å². The molecule has 2 atom stereocenters. The first-order chi connectivity index (χ1) is 12.6. The Labute approximate surface area is 155 Å². The van der Waals surface area contributed by atoms with Crippen LogP contribution in [-0.2, 0) is 17.8 Å². The quantitative estimate of drug-likeness (QED) is 0.727. The first-order valence-corrected chi connectivity index (χ1v) is 9.31. The molecule has 1 saturated heterocycles. The molecule has 2 unspecified atom stereocenters. The first-order valence-electron chi connectivity index (χ1n) is 8.43. The highest BCUT2D eigenvalue weighted by atomic mass is 32.2. The van der Waals surface area contributed by atoms with Crippen LogP contribution >= 0.6 is 11.8 Å². The Kier molecular flexibility index (Phi) is 4.53. The van der Waals surface area contributed by atoms with Crippen molar-refractivity contribution in [1.82, 2.24) is 9.88 Å². The standard InChI is InChI=1S/C20H18N2O3S/c23-17(13-5-2-1-3-6-13)12-22-10-9-15-14(7-4-8-16(15)22)11-18-19(24)21-20(25)26-18/h1-10,17-18,23H,11-12H2,(H,21,24,25). The number of carbonyl (C=O) groups excluding carboxylic acids is 2. The molecule has 2 amide bonds. The molecule has 1 aromatic heterocycles. The number of hydrogen-bond acceptors (Lipinski definition) is 4. The number of nitrogens with one attached hydrogen (secondary N) is 1. The fraction of sp³-hybridized carbons (Fsp3) is 0.200. The lowest BCUT2D eigenvalue weighted by atomic mass is 10.0. The van der Waals surface area contributed by atoms with Gasteiger partial charge in [0.25, 0.3) is 5.24 Å². The number of aromatic nitrogens is 1. The van der Waals surface area contributed by atoms with Crippen LogP contribution in [0, 0.1) is 0 Å². The first kappa shape index (κ1) is 16.9. The molecule has 0 spiro atoms. The molecule has 26 heavy (non-hydrogen) atoms. The minimum absolute atomic E-state index is 0.226. The molecule has 2 aromatic carbocycles. The van der Waals surface area contributed by atoms with Crippen molar-refractivity contribution in [3.8, 4) is 0 Å². The van der Waals surface area contributed by atoms with Crippen molar-refractivity contribution in [3.63, 3.8) is 0 Å². The normalized spacial score (nSPS) is 18.3. The van der Waals surface area contributed by atoms with E-state index in [1.165, 1.54) is 0 Å². The van der Waals surface area contributed by atoms with Gasteiger partial charge in [0.1, 0.15) is 0 Å². The van der Waals surface area contributed by atoms with Crippen LogP contribution in [0.4, 0.5) is 4.79 Å². The van der Waals surface area contributed by atoms with Gasteiger partial charge in [-0.2, -0.15) is 0 Å². The minimum atomic E-state index is -0.593. The largest absolute Gasteiger partial charge is 0.387 e. The van der Waals surface area contributed by atoms with E-state index in [9.17, 15) is 14.7 Å². The summed E-state index contributed by atoms with van der Waals surface area (Å²) in [4.78, 5) is 23.2. The van der Waals surface area contributed by atoms with Crippen molar-refractivity contribution in [2.75, 3.05) is 0 Å². The Bertz CT molecular complexity index is 968. The number of nitrogens with zero attached hydrogens (tertiary/aromatic N) is 1. The Morgan fingerprint density at radius 2 is 1.88 bits per heavy atom. The summed E-state index contributed by atoms with van der Waals surface area (Å²) in [5, 5.41) is 13.2. The van der Waals surface area contributed by atoms with Crippen molar-refractivity contribution < 1.29 is 14.7 Å². The molecular formula is C20H18N2O3S. The monoisotopic (exact) mass is 366 g/mol. The zero-order valence-electron chi connectivity index (χ0n) is 14.0. The molecule has 0 radical (unpaired) electrons. The second kappa shape index (κ2) is 6.97. The van der Waals surface area contributed by atoms with Crippen LogP contribution in [0.25, 0.3) is 10.9 Å². The zero-order chi connectivity index (χ0) is 18.1. The summed E-state index contributed by atoms with van der Waals surface area (Å²) in [5.74, 6) is -0.226. The van der Waals surface area contributed by atoms with E-state index in [2.05, 4.69) is 5.32 Å². The lowest BCUT2D eigenvalue weighted by Gasteiger charge is -2.14. The van der Waals surface area contributed by atoms with E-state index in [-0.39, 0.29) is 16.4 Å². The summed E-state index contributed by atoms with van der Waals surface area (Å²) in [5.41, 5.74) is 2.91. The second-order valence-electron chi connectivity index (χ2n) is 6.33. The molecule has 6 heteroatoms. The Balaban J connectivity index is 1.59. The maximum atomic E-state index is 11.8. The van der Waals surface area contributed by atoms with Gasteiger partial charge in [-0.05, 0) is 29.7 Å². The van der Waals surface area contributed by atoms with E-state index in [4.69, 9.17) is 0 Å². The van der Waals surface area contributed by atoms with E-state index in [1.807, 2.05) is 65.4 Å². The van der Waals surface area contributed by atoms with E-state index in [0.29, 0.717) is 13.0 Å². The molecule has 3 aromatic rings. The fourth-order valence-electron chi connectivity index (χ4n) is 3.32. The van der Waals surface area contributed by atoms with Crippen LogP contribution in [0.3, 0.4) is 0 Å². The maximum absolute atomic E-state index is 11.8. The van der Waals surface area contributed by atoms with Gasteiger partial charge in [0.15, 0.2) is 0 Å².